The number of benzene rings is 1. The van der Waals surface area contributed by atoms with Crippen molar-refractivity contribution < 1.29 is 0 Å². The van der Waals surface area contributed by atoms with Crippen LogP contribution in [-0.2, 0) is 6.42 Å². The molecule has 0 saturated heterocycles. The fourth-order valence-electron chi connectivity index (χ4n) is 2.49. The van der Waals surface area contributed by atoms with E-state index >= 15 is 0 Å². The second-order valence-corrected chi connectivity index (χ2v) is 7.48. The minimum Gasteiger partial charge on any atom is -0.313 e. The van der Waals surface area contributed by atoms with Gasteiger partial charge in [-0.05, 0) is 64.5 Å². The standard InChI is InChI=1S/C17H18Br2N2/c18-15-3-1-13(2-4-15)14(10-21-17-5-6-17)7-12-8-16(19)11-20-9-12/h1-4,8-9,11,14,17,21H,5-7,10H2. The maximum absolute atomic E-state index is 4.28. The summed E-state index contributed by atoms with van der Waals surface area (Å²) in [5.74, 6) is 0.481. The molecule has 110 valence electrons. The summed E-state index contributed by atoms with van der Waals surface area (Å²) >= 11 is 7.02. The maximum atomic E-state index is 4.28. The lowest BCUT2D eigenvalue weighted by Gasteiger charge is -2.18. The van der Waals surface area contributed by atoms with Crippen molar-refractivity contribution in [2.45, 2.75) is 31.2 Å². The van der Waals surface area contributed by atoms with Gasteiger partial charge in [-0.2, -0.15) is 0 Å². The van der Waals surface area contributed by atoms with Crippen LogP contribution in [0.4, 0.5) is 0 Å². The van der Waals surface area contributed by atoms with Crippen LogP contribution in [0.3, 0.4) is 0 Å². The summed E-state index contributed by atoms with van der Waals surface area (Å²) in [7, 11) is 0. The van der Waals surface area contributed by atoms with Crippen LogP contribution in [0.25, 0.3) is 0 Å². The van der Waals surface area contributed by atoms with Gasteiger partial charge in [-0.3, -0.25) is 4.98 Å². The fraction of sp³-hybridized carbons (Fsp3) is 0.353. The second-order valence-electron chi connectivity index (χ2n) is 5.65. The van der Waals surface area contributed by atoms with E-state index in [0.717, 1.165) is 28.0 Å². The third-order valence-electron chi connectivity index (χ3n) is 3.82. The third-order valence-corrected chi connectivity index (χ3v) is 4.78. The molecule has 1 saturated carbocycles. The van der Waals surface area contributed by atoms with Gasteiger partial charge in [0.1, 0.15) is 0 Å². The first kappa shape index (κ1) is 15.2. The van der Waals surface area contributed by atoms with Crippen molar-refractivity contribution in [3.63, 3.8) is 0 Å². The Labute approximate surface area is 142 Å². The van der Waals surface area contributed by atoms with E-state index in [0.29, 0.717) is 5.92 Å². The van der Waals surface area contributed by atoms with Crippen molar-refractivity contribution in [1.82, 2.24) is 10.3 Å². The molecule has 0 amide bonds. The first-order valence-corrected chi connectivity index (χ1v) is 8.87. The largest absolute Gasteiger partial charge is 0.313 e. The fourth-order valence-corrected chi connectivity index (χ4v) is 3.17. The molecule has 1 aromatic heterocycles. The van der Waals surface area contributed by atoms with Crippen molar-refractivity contribution in [3.8, 4) is 0 Å². The minimum atomic E-state index is 0.481. The zero-order valence-corrected chi connectivity index (χ0v) is 14.9. The van der Waals surface area contributed by atoms with Crippen molar-refractivity contribution >= 4 is 31.9 Å². The van der Waals surface area contributed by atoms with Gasteiger partial charge < -0.3 is 5.32 Å². The highest BCUT2D eigenvalue weighted by Gasteiger charge is 2.22. The molecular weight excluding hydrogens is 392 g/mol. The summed E-state index contributed by atoms with van der Waals surface area (Å²) in [4.78, 5) is 4.28. The molecule has 1 aliphatic rings. The van der Waals surface area contributed by atoms with E-state index < -0.39 is 0 Å². The van der Waals surface area contributed by atoms with Crippen molar-refractivity contribution in [1.29, 1.82) is 0 Å². The van der Waals surface area contributed by atoms with Gasteiger partial charge in [0.2, 0.25) is 0 Å². The molecule has 1 heterocycles. The van der Waals surface area contributed by atoms with Crippen LogP contribution in [0.5, 0.6) is 0 Å². The average Bonchev–Trinajstić information content (AvgIpc) is 3.29. The molecule has 2 nitrogen and oxygen atoms in total. The number of pyridine rings is 1. The van der Waals surface area contributed by atoms with Crippen LogP contribution < -0.4 is 5.32 Å². The van der Waals surface area contributed by atoms with Gasteiger partial charge in [-0.25, -0.2) is 0 Å². The van der Waals surface area contributed by atoms with Crippen LogP contribution >= 0.6 is 31.9 Å². The van der Waals surface area contributed by atoms with Gasteiger partial charge in [0.25, 0.3) is 0 Å². The molecule has 1 N–H and O–H groups in total. The Bertz CT molecular complexity index is 594. The molecule has 1 aromatic carbocycles. The number of halogens is 2. The number of hydrogen-bond donors (Lipinski definition) is 1. The van der Waals surface area contributed by atoms with E-state index in [1.807, 2.05) is 12.4 Å². The Morgan fingerprint density at radius 1 is 1.10 bits per heavy atom. The Balaban J connectivity index is 1.75. The molecule has 3 rings (SSSR count). The summed E-state index contributed by atoms with van der Waals surface area (Å²) < 4.78 is 2.17. The molecule has 1 aliphatic carbocycles. The number of rotatable bonds is 6. The SMILES string of the molecule is Brc1ccc(C(CNC2CC2)Cc2cncc(Br)c2)cc1. The number of hydrogen-bond acceptors (Lipinski definition) is 2. The molecule has 0 radical (unpaired) electrons. The van der Waals surface area contributed by atoms with Crippen molar-refractivity contribution in [3.05, 3.63) is 62.8 Å². The van der Waals surface area contributed by atoms with E-state index in [-0.39, 0.29) is 0 Å². The molecule has 0 aliphatic heterocycles. The lowest BCUT2D eigenvalue weighted by molar-refractivity contribution is 0.576. The normalized spacial score (nSPS) is 15.9. The summed E-state index contributed by atoms with van der Waals surface area (Å²) in [5, 5.41) is 3.66. The minimum absolute atomic E-state index is 0.481. The van der Waals surface area contributed by atoms with Crippen molar-refractivity contribution in [2.24, 2.45) is 0 Å². The third kappa shape index (κ3) is 4.63. The zero-order chi connectivity index (χ0) is 14.7. The summed E-state index contributed by atoms with van der Waals surface area (Å²) in [6, 6.07) is 11.6. The first-order chi connectivity index (χ1) is 10.2. The van der Waals surface area contributed by atoms with Gasteiger partial charge in [-0.15, -0.1) is 0 Å². The Morgan fingerprint density at radius 3 is 2.52 bits per heavy atom. The van der Waals surface area contributed by atoms with E-state index in [1.54, 1.807) is 0 Å². The highest BCUT2D eigenvalue weighted by Crippen LogP contribution is 2.25. The highest BCUT2D eigenvalue weighted by molar-refractivity contribution is 9.10. The molecular formula is C17H18Br2N2. The zero-order valence-electron chi connectivity index (χ0n) is 11.7. The summed E-state index contributed by atoms with van der Waals surface area (Å²) in [6.45, 7) is 1.03. The molecule has 2 aromatic rings. The lowest BCUT2D eigenvalue weighted by Crippen LogP contribution is -2.24. The molecule has 1 fully saturated rings. The van der Waals surface area contributed by atoms with Gasteiger partial charge in [0.05, 0.1) is 0 Å². The molecule has 0 bridgehead atoms. The quantitative estimate of drug-likeness (QED) is 0.748. The molecule has 1 atom stereocenters. The maximum Gasteiger partial charge on any atom is 0.0410 e. The highest BCUT2D eigenvalue weighted by atomic mass is 79.9. The predicted octanol–water partition coefficient (Wildman–Crippen LogP) is 4.68. The van der Waals surface area contributed by atoms with Gasteiger partial charge in [-0.1, -0.05) is 28.1 Å². The van der Waals surface area contributed by atoms with Crippen LogP contribution in [0.2, 0.25) is 0 Å². The number of nitrogens with zero attached hydrogens (tertiary/aromatic N) is 1. The van der Waals surface area contributed by atoms with Gasteiger partial charge in [0, 0.05) is 39.8 Å². The van der Waals surface area contributed by atoms with E-state index in [4.69, 9.17) is 0 Å². The van der Waals surface area contributed by atoms with Crippen LogP contribution in [0, 0.1) is 0 Å². The lowest BCUT2D eigenvalue weighted by atomic mass is 9.92. The Morgan fingerprint density at radius 2 is 1.86 bits per heavy atom. The molecule has 0 spiro atoms. The Kier molecular flexibility index (Phi) is 5.09. The smallest absolute Gasteiger partial charge is 0.0410 e. The van der Waals surface area contributed by atoms with E-state index in [1.165, 1.54) is 24.0 Å². The van der Waals surface area contributed by atoms with E-state index in [2.05, 4.69) is 72.5 Å². The Hall–Kier alpha value is -0.710. The average molecular weight is 410 g/mol. The topological polar surface area (TPSA) is 24.9 Å². The van der Waals surface area contributed by atoms with Crippen LogP contribution in [-0.4, -0.2) is 17.6 Å². The van der Waals surface area contributed by atoms with Crippen LogP contribution in [0.15, 0.2) is 51.7 Å². The monoisotopic (exact) mass is 408 g/mol. The summed E-state index contributed by atoms with van der Waals surface area (Å²) in [6.07, 6.45) is 7.46. The van der Waals surface area contributed by atoms with E-state index in [9.17, 15) is 0 Å². The van der Waals surface area contributed by atoms with Gasteiger partial charge >= 0.3 is 0 Å². The number of aromatic nitrogens is 1. The number of nitrogens with one attached hydrogen (secondary N) is 1. The molecule has 4 heteroatoms. The first-order valence-electron chi connectivity index (χ1n) is 7.29. The second kappa shape index (κ2) is 7.03. The van der Waals surface area contributed by atoms with Crippen LogP contribution in [0.1, 0.15) is 29.9 Å². The van der Waals surface area contributed by atoms with Gasteiger partial charge in [0.15, 0.2) is 0 Å². The van der Waals surface area contributed by atoms with Crippen molar-refractivity contribution in [2.75, 3.05) is 6.54 Å². The summed E-state index contributed by atoms with van der Waals surface area (Å²) in [5.41, 5.74) is 2.65. The predicted molar refractivity (Wildman–Crippen MR) is 93.5 cm³/mol. The molecule has 21 heavy (non-hydrogen) atoms. The molecule has 1 unspecified atom stereocenters.